The lowest BCUT2D eigenvalue weighted by Gasteiger charge is -2.38. The second kappa shape index (κ2) is 6.89. The smallest absolute Gasteiger partial charge is 0.254 e. The highest BCUT2D eigenvalue weighted by Gasteiger charge is 2.43. The molecule has 2 bridgehead atoms. The van der Waals surface area contributed by atoms with Crippen molar-refractivity contribution < 1.29 is 23.7 Å². The molecule has 6 nitrogen and oxygen atoms in total. The van der Waals surface area contributed by atoms with Crippen molar-refractivity contribution in [2.75, 3.05) is 28.4 Å². The van der Waals surface area contributed by atoms with Gasteiger partial charge in [0, 0.05) is 24.8 Å². The second-order valence-corrected chi connectivity index (χ2v) is 6.34. The molecule has 24 heavy (non-hydrogen) atoms. The molecule has 0 radical (unpaired) electrons. The van der Waals surface area contributed by atoms with Gasteiger partial charge in [-0.15, -0.1) is 0 Å². The highest BCUT2D eigenvalue weighted by molar-refractivity contribution is 5.96. The van der Waals surface area contributed by atoms with Crippen molar-refractivity contribution in [3.8, 4) is 17.2 Å². The first-order valence-corrected chi connectivity index (χ1v) is 8.28. The number of ether oxygens (including phenoxy) is 4. The number of hydrogen-bond donors (Lipinski definition) is 0. The van der Waals surface area contributed by atoms with Crippen LogP contribution in [0, 0.1) is 0 Å². The summed E-state index contributed by atoms with van der Waals surface area (Å²) in [5.41, 5.74) is 0.567. The lowest BCUT2D eigenvalue weighted by atomic mass is 9.98. The van der Waals surface area contributed by atoms with Crippen LogP contribution in [0.15, 0.2) is 12.1 Å². The van der Waals surface area contributed by atoms with Crippen LogP contribution < -0.4 is 14.2 Å². The van der Waals surface area contributed by atoms with Crippen LogP contribution in [0.2, 0.25) is 0 Å². The number of piperidine rings is 1. The summed E-state index contributed by atoms with van der Waals surface area (Å²) in [5, 5.41) is 0. The average Bonchev–Trinajstić information content (AvgIpc) is 2.89. The first-order valence-electron chi connectivity index (χ1n) is 8.28. The zero-order valence-electron chi connectivity index (χ0n) is 14.7. The van der Waals surface area contributed by atoms with Gasteiger partial charge in [-0.25, -0.2) is 0 Å². The molecule has 1 aromatic carbocycles. The molecular weight excluding hydrogens is 310 g/mol. The van der Waals surface area contributed by atoms with Crippen LogP contribution in [0.3, 0.4) is 0 Å². The fraction of sp³-hybridized carbons (Fsp3) is 0.611. The van der Waals surface area contributed by atoms with E-state index in [0.717, 1.165) is 25.7 Å². The number of methoxy groups -OCH3 is 4. The molecule has 0 aromatic heterocycles. The van der Waals surface area contributed by atoms with Gasteiger partial charge in [0.2, 0.25) is 5.75 Å². The van der Waals surface area contributed by atoms with Crippen molar-refractivity contribution in [3.63, 3.8) is 0 Å². The third-order valence-electron chi connectivity index (χ3n) is 5.17. The van der Waals surface area contributed by atoms with Crippen LogP contribution in [0.5, 0.6) is 17.2 Å². The predicted octanol–water partition coefficient (Wildman–Crippen LogP) is 2.49. The molecule has 2 aliphatic heterocycles. The van der Waals surface area contributed by atoms with Crippen LogP contribution >= 0.6 is 0 Å². The van der Waals surface area contributed by atoms with Gasteiger partial charge in [-0.1, -0.05) is 0 Å². The quantitative estimate of drug-likeness (QED) is 0.827. The van der Waals surface area contributed by atoms with E-state index in [2.05, 4.69) is 0 Å². The summed E-state index contributed by atoms with van der Waals surface area (Å²) in [6, 6.07) is 3.96. The minimum Gasteiger partial charge on any atom is -0.493 e. The molecule has 2 saturated heterocycles. The van der Waals surface area contributed by atoms with Gasteiger partial charge in [0.15, 0.2) is 11.5 Å². The molecule has 0 saturated carbocycles. The molecular formula is C18H25NO5. The zero-order valence-corrected chi connectivity index (χ0v) is 14.7. The fourth-order valence-corrected chi connectivity index (χ4v) is 4.00. The summed E-state index contributed by atoms with van der Waals surface area (Å²) in [6.45, 7) is 0. The maximum Gasteiger partial charge on any atom is 0.254 e. The third-order valence-corrected chi connectivity index (χ3v) is 5.17. The molecule has 0 aliphatic carbocycles. The Kier molecular flexibility index (Phi) is 4.85. The number of carbonyl (C=O) groups is 1. The lowest BCUT2D eigenvalue weighted by molar-refractivity contribution is 0.00819. The highest BCUT2D eigenvalue weighted by atomic mass is 16.5. The zero-order chi connectivity index (χ0) is 17.3. The minimum atomic E-state index is 0.0244. The molecule has 0 spiro atoms. The maximum atomic E-state index is 13.1. The van der Waals surface area contributed by atoms with Gasteiger partial charge in [-0.05, 0) is 37.8 Å². The Bertz CT molecular complexity index is 578. The van der Waals surface area contributed by atoms with E-state index in [0.29, 0.717) is 22.8 Å². The van der Waals surface area contributed by atoms with E-state index in [1.807, 2.05) is 4.90 Å². The molecule has 0 N–H and O–H groups in total. The van der Waals surface area contributed by atoms with Crippen molar-refractivity contribution in [1.29, 1.82) is 0 Å². The third kappa shape index (κ3) is 2.79. The molecule has 2 unspecified atom stereocenters. The van der Waals surface area contributed by atoms with E-state index < -0.39 is 0 Å². The summed E-state index contributed by atoms with van der Waals surface area (Å²) in [6.07, 6.45) is 4.15. The molecule has 132 valence electrons. The Labute approximate surface area is 142 Å². The van der Waals surface area contributed by atoms with E-state index >= 15 is 0 Å². The Morgan fingerprint density at radius 3 is 1.92 bits per heavy atom. The van der Waals surface area contributed by atoms with E-state index in [1.165, 1.54) is 0 Å². The largest absolute Gasteiger partial charge is 0.493 e. The van der Waals surface area contributed by atoms with Crippen LogP contribution in [-0.4, -0.2) is 57.4 Å². The molecule has 2 fully saturated rings. The van der Waals surface area contributed by atoms with Gasteiger partial charge < -0.3 is 23.8 Å². The molecule has 2 atom stereocenters. The van der Waals surface area contributed by atoms with Crippen molar-refractivity contribution in [1.82, 2.24) is 4.90 Å². The summed E-state index contributed by atoms with van der Waals surface area (Å²) in [4.78, 5) is 15.1. The number of rotatable bonds is 5. The van der Waals surface area contributed by atoms with Crippen LogP contribution in [0.25, 0.3) is 0 Å². The number of hydrogen-bond acceptors (Lipinski definition) is 5. The van der Waals surface area contributed by atoms with Crippen molar-refractivity contribution >= 4 is 5.91 Å². The van der Waals surface area contributed by atoms with Crippen molar-refractivity contribution in [2.45, 2.75) is 43.9 Å². The lowest BCUT2D eigenvalue weighted by Crippen LogP contribution is -2.48. The van der Waals surface area contributed by atoms with Gasteiger partial charge in [0.25, 0.3) is 5.91 Å². The van der Waals surface area contributed by atoms with E-state index in [-0.39, 0.29) is 24.1 Å². The van der Waals surface area contributed by atoms with Gasteiger partial charge in [-0.3, -0.25) is 4.79 Å². The Morgan fingerprint density at radius 1 is 0.958 bits per heavy atom. The second-order valence-electron chi connectivity index (χ2n) is 6.34. The van der Waals surface area contributed by atoms with Crippen molar-refractivity contribution in [2.24, 2.45) is 0 Å². The Balaban J connectivity index is 1.91. The highest BCUT2D eigenvalue weighted by Crippen LogP contribution is 2.41. The number of fused-ring (bicyclic) bond motifs is 2. The summed E-state index contributed by atoms with van der Waals surface area (Å²) < 4.78 is 21.6. The first kappa shape index (κ1) is 16.9. The van der Waals surface area contributed by atoms with Gasteiger partial charge in [-0.2, -0.15) is 0 Å². The monoisotopic (exact) mass is 335 g/mol. The SMILES string of the molecule is COc1cc(C(=O)N2C3CCC2CC(OC)C3)cc(OC)c1OC. The van der Waals surface area contributed by atoms with Gasteiger partial charge in [0.1, 0.15) is 0 Å². The Morgan fingerprint density at radius 2 is 1.50 bits per heavy atom. The Hall–Kier alpha value is -1.95. The number of carbonyl (C=O) groups excluding carboxylic acids is 1. The van der Waals surface area contributed by atoms with E-state index in [9.17, 15) is 4.79 Å². The summed E-state index contributed by atoms with van der Waals surface area (Å²) in [7, 11) is 6.41. The summed E-state index contributed by atoms with van der Waals surface area (Å²) in [5.74, 6) is 1.52. The fourth-order valence-electron chi connectivity index (χ4n) is 4.00. The van der Waals surface area contributed by atoms with Gasteiger partial charge >= 0.3 is 0 Å². The standard InChI is InChI=1S/C18H25NO5/c1-21-14-9-12-5-6-13(10-14)19(12)18(20)11-7-15(22-2)17(24-4)16(8-11)23-3/h7-8,12-14H,5-6,9-10H2,1-4H3. The number of amides is 1. The topological polar surface area (TPSA) is 57.2 Å². The van der Waals surface area contributed by atoms with Crippen LogP contribution in [-0.2, 0) is 4.74 Å². The molecule has 1 aromatic rings. The molecule has 1 amide bonds. The van der Waals surface area contributed by atoms with Gasteiger partial charge in [0.05, 0.1) is 27.4 Å². The average molecular weight is 335 g/mol. The summed E-state index contributed by atoms with van der Waals surface area (Å²) >= 11 is 0. The predicted molar refractivity (Wildman–Crippen MR) is 89.1 cm³/mol. The molecule has 2 aliphatic rings. The van der Waals surface area contributed by atoms with Crippen molar-refractivity contribution in [3.05, 3.63) is 17.7 Å². The molecule has 6 heteroatoms. The maximum absolute atomic E-state index is 13.1. The first-order chi connectivity index (χ1) is 11.6. The normalized spacial score (nSPS) is 25.5. The van der Waals surface area contributed by atoms with E-state index in [1.54, 1.807) is 40.6 Å². The minimum absolute atomic E-state index is 0.0244. The number of nitrogens with zero attached hydrogens (tertiary/aromatic N) is 1. The molecule has 3 rings (SSSR count). The number of benzene rings is 1. The van der Waals surface area contributed by atoms with Crippen LogP contribution in [0.1, 0.15) is 36.0 Å². The van der Waals surface area contributed by atoms with E-state index in [4.69, 9.17) is 18.9 Å². The van der Waals surface area contributed by atoms with Crippen LogP contribution in [0.4, 0.5) is 0 Å². The molecule has 2 heterocycles.